The van der Waals surface area contributed by atoms with Gasteiger partial charge in [-0.15, -0.1) is 0 Å². The van der Waals surface area contributed by atoms with E-state index < -0.39 is 0 Å². The number of carbonyl (C=O) groups is 2. The van der Waals surface area contributed by atoms with Gasteiger partial charge in [0.2, 0.25) is 0 Å². The molecular formula is C27H29N3O2. The summed E-state index contributed by atoms with van der Waals surface area (Å²) in [5, 5.41) is 2.94. The molecule has 32 heavy (non-hydrogen) atoms. The maximum absolute atomic E-state index is 13.2. The van der Waals surface area contributed by atoms with Gasteiger partial charge in [-0.25, -0.2) is 4.79 Å². The van der Waals surface area contributed by atoms with Crippen LogP contribution in [0.5, 0.6) is 0 Å². The molecule has 1 heterocycles. The maximum atomic E-state index is 13.2. The molecule has 1 aliphatic heterocycles. The summed E-state index contributed by atoms with van der Waals surface area (Å²) >= 11 is 0. The van der Waals surface area contributed by atoms with Crippen molar-refractivity contribution in [2.45, 2.75) is 33.7 Å². The number of nitrogens with one attached hydrogen (secondary N) is 1. The largest absolute Gasteiger partial charge is 0.324 e. The highest BCUT2D eigenvalue weighted by atomic mass is 16.2. The van der Waals surface area contributed by atoms with E-state index in [-0.39, 0.29) is 11.9 Å². The fourth-order valence-corrected chi connectivity index (χ4v) is 4.09. The molecule has 1 saturated heterocycles. The van der Waals surface area contributed by atoms with E-state index in [9.17, 15) is 9.59 Å². The number of rotatable bonds is 5. The number of hydrogen-bond donors (Lipinski definition) is 1. The molecule has 0 radical (unpaired) electrons. The summed E-state index contributed by atoms with van der Waals surface area (Å²) in [7, 11) is 0. The Labute approximate surface area is 189 Å². The third kappa shape index (κ3) is 4.67. The molecule has 1 N–H and O–H groups in total. The monoisotopic (exact) mass is 427 g/mol. The Morgan fingerprint density at radius 1 is 0.906 bits per heavy atom. The molecule has 4 rings (SSSR count). The van der Waals surface area contributed by atoms with E-state index in [1.165, 1.54) is 16.7 Å². The number of hydrogen-bond acceptors (Lipinski definition) is 2. The summed E-state index contributed by atoms with van der Waals surface area (Å²) in [5.74, 6) is -0.135. The lowest BCUT2D eigenvalue weighted by molar-refractivity contribution is 0.102. The third-order valence-electron chi connectivity index (χ3n) is 6.00. The van der Waals surface area contributed by atoms with Gasteiger partial charge in [0.1, 0.15) is 0 Å². The first-order valence-electron chi connectivity index (χ1n) is 11.0. The Kier molecular flexibility index (Phi) is 6.26. The average molecular weight is 428 g/mol. The van der Waals surface area contributed by atoms with Crippen molar-refractivity contribution < 1.29 is 9.59 Å². The molecular weight excluding hydrogens is 398 g/mol. The molecule has 1 aliphatic rings. The molecule has 0 aromatic heterocycles. The van der Waals surface area contributed by atoms with Crippen LogP contribution in [0.1, 0.15) is 39.0 Å². The molecule has 164 valence electrons. The maximum Gasteiger partial charge on any atom is 0.324 e. The van der Waals surface area contributed by atoms with E-state index in [1.54, 1.807) is 0 Å². The van der Waals surface area contributed by atoms with Crippen molar-refractivity contribution in [1.82, 2.24) is 4.90 Å². The first-order chi connectivity index (χ1) is 15.4. The summed E-state index contributed by atoms with van der Waals surface area (Å²) in [5.41, 5.74) is 6.74. The van der Waals surface area contributed by atoms with Crippen LogP contribution in [0.25, 0.3) is 0 Å². The normalized spacial score (nSPS) is 13.9. The zero-order valence-electron chi connectivity index (χ0n) is 18.9. The van der Waals surface area contributed by atoms with Crippen molar-refractivity contribution in [1.29, 1.82) is 0 Å². The number of amides is 3. The molecule has 3 aromatic carbocycles. The summed E-state index contributed by atoms with van der Waals surface area (Å²) in [6.07, 6.45) is 0.919. The molecule has 0 aliphatic carbocycles. The Balaban J connectivity index is 1.45. The lowest BCUT2D eigenvalue weighted by atomic mass is 10.0. The van der Waals surface area contributed by atoms with Gasteiger partial charge in [0.15, 0.2) is 0 Å². The molecule has 0 spiro atoms. The van der Waals surface area contributed by atoms with Crippen molar-refractivity contribution >= 4 is 23.3 Å². The van der Waals surface area contributed by atoms with Crippen LogP contribution in [-0.4, -0.2) is 29.9 Å². The number of benzene rings is 3. The molecule has 0 atom stereocenters. The van der Waals surface area contributed by atoms with Gasteiger partial charge in [-0.3, -0.25) is 9.69 Å². The van der Waals surface area contributed by atoms with E-state index in [1.807, 2.05) is 65.3 Å². The van der Waals surface area contributed by atoms with E-state index in [2.05, 4.69) is 37.4 Å². The van der Waals surface area contributed by atoms with Gasteiger partial charge in [0.05, 0.1) is 0 Å². The number of urea groups is 1. The van der Waals surface area contributed by atoms with E-state index in [4.69, 9.17) is 0 Å². The van der Waals surface area contributed by atoms with Gasteiger partial charge in [-0.2, -0.15) is 0 Å². The van der Waals surface area contributed by atoms with Crippen molar-refractivity contribution in [3.8, 4) is 0 Å². The zero-order chi connectivity index (χ0) is 22.7. The quantitative estimate of drug-likeness (QED) is 0.568. The van der Waals surface area contributed by atoms with Gasteiger partial charge in [-0.05, 0) is 74.2 Å². The lowest BCUT2D eigenvalue weighted by Crippen LogP contribution is -2.49. The van der Waals surface area contributed by atoms with E-state index in [0.29, 0.717) is 24.3 Å². The van der Waals surface area contributed by atoms with Gasteiger partial charge in [0.25, 0.3) is 5.91 Å². The first-order valence-corrected chi connectivity index (χ1v) is 11.0. The van der Waals surface area contributed by atoms with Gasteiger partial charge >= 0.3 is 6.03 Å². The van der Waals surface area contributed by atoms with Crippen LogP contribution in [0.3, 0.4) is 0 Å². The van der Waals surface area contributed by atoms with Crippen LogP contribution in [0.15, 0.2) is 66.7 Å². The summed E-state index contributed by atoms with van der Waals surface area (Å²) in [4.78, 5) is 29.5. The molecule has 0 unspecified atom stereocenters. The minimum atomic E-state index is -0.135. The van der Waals surface area contributed by atoms with Crippen LogP contribution in [0.4, 0.5) is 16.2 Å². The number of anilines is 2. The molecule has 3 amide bonds. The Hall–Kier alpha value is -3.60. The van der Waals surface area contributed by atoms with Gasteiger partial charge in [-0.1, -0.05) is 42.0 Å². The zero-order valence-corrected chi connectivity index (χ0v) is 18.9. The molecule has 1 fully saturated rings. The highest BCUT2D eigenvalue weighted by molar-refractivity contribution is 6.05. The lowest BCUT2D eigenvalue weighted by Gasteiger charge is -2.36. The van der Waals surface area contributed by atoms with Crippen molar-refractivity contribution in [2.24, 2.45) is 0 Å². The summed E-state index contributed by atoms with van der Waals surface area (Å²) in [6, 6.07) is 21.4. The van der Waals surface area contributed by atoms with E-state index in [0.717, 1.165) is 24.2 Å². The minimum absolute atomic E-state index is 0.0221. The predicted octanol–water partition coefficient (Wildman–Crippen LogP) is 5.70. The standard InChI is InChI=1S/C27H29N3O2/c1-19-9-10-20(2)22(17-19)18-29-15-6-16-30(27(29)32)24-13-11-23(12-14-24)28-26(31)25-8-5-4-7-21(25)3/h4-5,7-14,17H,6,15-16,18H2,1-3H3,(H,28,31). The van der Waals surface area contributed by atoms with Crippen LogP contribution >= 0.6 is 0 Å². The number of carbonyl (C=O) groups excluding carboxylic acids is 2. The second-order valence-corrected chi connectivity index (χ2v) is 8.46. The minimum Gasteiger partial charge on any atom is -0.322 e. The highest BCUT2D eigenvalue weighted by Gasteiger charge is 2.27. The molecule has 3 aromatic rings. The topological polar surface area (TPSA) is 52.6 Å². The fraction of sp³-hybridized carbons (Fsp3) is 0.259. The molecule has 0 saturated carbocycles. The molecule has 0 bridgehead atoms. The molecule has 5 nitrogen and oxygen atoms in total. The van der Waals surface area contributed by atoms with Crippen molar-refractivity contribution in [3.05, 3.63) is 94.5 Å². The number of aryl methyl sites for hydroxylation is 3. The second-order valence-electron chi connectivity index (χ2n) is 8.46. The van der Waals surface area contributed by atoms with Gasteiger partial charge in [0, 0.05) is 36.6 Å². The number of nitrogens with zero attached hydrogens (tertiary/aromatic N) is 2. The SMILES string of the molecule is Cc1ccc(C)c(CN2CCCN(c3ccc(NC(=O)c4ccccc4C)cc3)C2=O)c1. The average Bonchev–Trinajstić information content (AvgIpc) is 2.78. The Morgan fingerprint density at radius 2 is 1.66 bits per heavy atom. The smallest absolute Gasteiger partial charge is 0.322 e. The van der Waals surface area contributed by atoms with Crippen molar-refractivity contribution in [3.63, 3.8) is 0 Å². The Morgan fingerprint density at radius 3 is 2.41 bits per heavy atom. The third-order valence-corrected chi connectivity index (χ3v) is 6.00. The highest BCUT2D eigenvalue weighted by Crippen LogP contribution is 2.24. The Bertz CT molecular complexity index is 1140. The predicted molar refractivity (Wildman–Crippen MR) is 129 cm³/mol. The fourth-order valence-electron chi connectivity index (χ4n) is 4.09. The summed E-state index contributed by atoms with van der Waals surface area (Å²) < 4.78 is 0. The van der Waals surface area contributed by atoms with Crippen LogP contribution in [-0.2, 0) is 6.54 Å². The summed E-state index contributed by atoms with van der Waals surface area (Å²) in [6.45, 7) is 8.15. The first kappa shape index (κ1) is 21.6. The van der Waals surface area contributed by atoms with Crippen molar-refractivity contribution in [2.75, 3.05) is 23.3 Å². The van der Waals surface area contributed by atoms with Crippen LogP contribution < -0.4 is 10.2 Å². The second kappa shape index (κ2) is 9.27. The van der Waals surface area contributed by atoms with E-state index >= 15 is 0 Å². The molecule has 5 heteroatoms. The van der Waals surface area contributed by atoms with Crippen LogP contribution in [0.2, 0.25) is 0 Å². The van der Waals surface area contributed by atoms with Gasteiger partial charge < -0.3 is 10.2 Å². The van der Waals surface area contributed by atoms with Crippen LogP contribution in [0, 0.1) is 20.8 Å².